The summed E-state index contributed by atoms with van der Waals surface area (Å²) in [6, 6.07) is 8.97. The number of nitriles is 1. The zero-order valence-electron chi connectivity index (χ0n) is 14.2. The van der Waals surface area contributed by atoms with Crippen LogP contribution in [0.3, 0.4) is 0 Å². The quantitative estimate of drug-likeness (QED) is 0.780. The number of piperidine rings is 1. The van der Waals surface area contributed by atoms with Crippen molar-refractivity contribution in [2.75, 3.05) is 46.5 Å². The number of nitrogens with zero attached hydrogens (tertiary/aromatic N) is 2. The molecule has 130 valence electrons. The highest BCUT2D eigenvalue weighted by molar-refractivity contribution is 5.77. The van der Waals surface area contributed by atoms with Crippen LogP contribution in [0.15, 0.2) is 24.3 Å². The highest BCUT2D eigenvalue weighted by Gasteiger charge is 2.19. The maximum atomic E-state index is 11.9. The number of carbonyl (C=O) groups excluding carboxylic acids is 1. The Morgan fingerprint density at radius 3 is 2.83 bits per heavy atom. The molecule has 6 nitrogen and oxygen atoms in total. The van der Waals surface area contributed by atoms with Crippen molar-refractivity contribution in [1.29, 1.82) is 5.26 Å². The number of para-hydroxylation sites is 1. The van der Waals surface area contributed by atoms with E-state index in [9.17, 15) is 4.79 Å². The van der Waals surface area contributed by atoms with E-state index in [-0.39, 0.29) is 12.5 Å². The molecule has 2 rings (SSSR count). The molecule has 0 bridgehead atoms. The van der Waals surface area contributed by atoms with Crippen molar-refractivity contribution in [3.8, 4) is 11.8 Å². The Bertz CT molecular complexity index is 563. The molecule has 6 heteroatoms. The van der Waals surface area contributed by atoms with Gasteiger partial charge in [0, 0.05) is 20.2 Å². The minimum atomic E-state index is -0.149. The minimum Gasteiger partial charge on any atom is -0.482 e. The number of nitrogens with one attached hydrogen (secondary N) is 1. The number of ether oxygens (including phenoxy) is 2. The van der Waals surface area contributed by atoms with Gasteiger partial charge in [0.15, 0.2) is 6.61 Å². The number of amides is 1. The van der Waals surface area contributed by atoms with Crippen molar-refractivity contribution in [1.82, 2.24) is 10.2 Å². The van der Waals surface area contributed by atoms with Gasteiger partial charge in [0.1, 0.15) is 11.8 Å². The van der Waals surface area contributed by atoms with Gasteiger partial charge in [-0.3, -0.25) is 4.79 Å². The highest BCUT2D eigenvalue weighted by atomic mass is 16.5. The fourth-order valence-electron chi connectivity index (χ4n) is 2.77. The van der Waals surface area contributed by atoms with E-state index in [0.29, 0.717) is 23.8 Å². The zero-order valence-corrected chi connectivity index (χ0v) is 14.2. The van der Waals surface area contributed by atoms with E-state index in [4.69, 9.17) is 14.7 Å². The molecule has 0 spiro atoms. The normalized spacial score (nSPS) is 15.7. The smallest absolute Gasteiger partial charge is 0.257 e. The summed E-state index contributed by atoms with van der Waals surface area (Å²) >= 11 is 0. The van der Waals surface area contributed by atoms with Gasteiger partial charge in [-0.25, -0.2) is 0 Å². The largest absolute Gasteiger partial charge is 0.482 e. The van der Waals surface area contributed by atoms with Crippen molar-refractivity contribution >= 4 is 5.91 Å². The number of hydrogen-bond donors (Lipinski definition) is 1. The molecule has 1 aliphatic rings. The van der Waals surface area contributed by atoms with E-state index >= 15 is 0 Å². The average molecular weight is 331 g/mol. The minimum absolute atomic E-state index is 0.0641. The number of carbonyl (C=O) groups is 1. The Kier molecular flexibility index (Phi) is 7.53. The van der Waals surface area contributed by atoms with Gasteiger partial charge in [-0.15, -0.1) is 0 Å². The lowest BCUT2D eigenvalue weighted by atomic mass is 9.97. The number of hydrogen-bond acceptors (Lipinski definition) is 5. The molecule has 24 heavy (non-hydrogen) atoms. The second-order valence-electron chi connectivity index (χ2n) is 5.98. The SMILES string of the molecule is COCCN1CCC(CNC(=O)COc2ccccc2C#N)CC1. The standard InChI is InChI=1S/C18H25N3O3/c1-23-11-10-21-8-6-15(7-9-21)13-20-18(22)14-24-17-5-3-2-4-16(17)12-19/h2-5,15H,6-11,13-14H2,1H3,(H,20,22). The number of rotatable bonds is 8. The second kappa shape index (κ2) is 9.91. The highest BCUT2D eigenvalue weighted by Crippen LogP contribution is 2.17. The van der Waals surface area contributed by atoms with E-state index in [1.54, 1.807) is 31.4 Å². The van der Waals surface area contributed by atoms with Gasteiger partial charge >= 0.3 is 0 Å². The molecule has 1 saturated heterocycles. The molecule has 1 fully saturated rings. The van der Waals surface area contributed by atoms with Crippen LogP contribution in [-0.2, 0) is 9.53 Å². The monoisotopic (exact) mass is 331 g/mol. The van der Waals surface area contributed by atoms with Gasteiger partial charge in [0.2, 0.25) is 0 Å². The Morgan fingerprint density at radius 2 is 2.12 bits per heavy atom. The molecule has 1 N–H and O–H groups in total. The lowest BCUT2D eigenvalue weighted by Gasteiger charge is -2.31. The number of methoxy groups -OCH3 is 1. The van der Waals surface area contributed by atoms with E-state index in [1.165, 1.54) is 0 Å². The van der Waals surface area contributed by atoms with Crippen LogP contribution in [-0.4, -0.2) is 57.3 Å². The van der Waals surface area contributed by atoms with E-state index < -0.39 is 0 Å². The van der Waals surface area contributed by atoms with E-state index in [2.05, 4.69) is 16.3 Å². The Morgan fingerprint density at radius 1 is 1.38 bits per heavy atom. The van der Waals surface area contributed by atoms with Crippen LogP contribution in [0.1, 0.15) is 18.4 Å². The number of benzene rings is 1. The van der Waals surface area contributed by atoms with Gasteiger partial charge < -0.3 is 19.7 Å². The van der Waals surface area contributed by atoms with Crippen molar-refractivity contribution in [2.24, 2.45) is 5.92 Å². The third-order valence-corrected chi connectivity index (χ3v) is 4.27. The number of likely N-dealkylation sites (tertiary alicyclic amines) is 1. The van der Waals surface area contributed by atoms with Gasteiger partial charge in [-0.2, -0.15) is 5.26 Å². The van der Waals surface area contributed by atoms with Gasteiger partial charge in [0.05, 0.1) is 12.2 Å². The van der Waals surface area contributed by atoms with Crippen LogP contribution in [0.5, 0.6) is 5.75 Å². The molecule has 1 amide bonds. The third-order valence-electron chi connectivity index (χ3n) is 4.27. The first-order valence-electron chi connectivity index (χ1n) is 8.33. The van der Waals surface area contributed by atoms with Crippen molar-refractivity contribution < 1.29 is 14.3 Å². The summed E-state index contributed by atoms with van der Waals surface area (Å²) in [5.41, 5.74) is 0.439. The van der Waals surface area contributed by atoms with E-state index in [0.717, 1.165) is 39.1 Å². The molecular formula is C18H25N3O3. The van der Waals surface area contributed by atoms with Gasteiger partial charge in [-0.05, 0) is 44.0 Å². The topological polar surface area (TPSA) is 74.6 Å². The Labute approximate surface area is 143 Å². The van der Waals surface area contributed by atoms with Crippen LogP contribution in [0.4, 0.5) is 0 Å². The summed E-state index contributed by atoms with van der Waals surface area (Å²) in [6.45, 7) is 4.46. The van der Waals surface area contributed by atoms with E-state index in [1.807, 2.05) is 0 Å². The zero-order chi connectivity index (χ0) is 17.2. The van der Waals surface area contributed by atoms with Crippen molar-refractivity contribution in [3.05, 3.63) is 29.8 Å². The maximum Gasteiger partial charge on any atom is 0.257 e. The lowest BCUT2D eigenvalue weighted by Crippen LogP contribution is -2.40. The third kappa shape index (κ3) is 5.84. The van der Waals surface area contributed by atoms with Gasteiger partial charge in [-0.1, -0.05) is 12.1 Å². The van der Waals surface area contributed by atoms with Gasteiger partial charge in [0.25, 0.3) is 5.91 Å². The van der Waals surface area contributed by atoms with Crippen molar-refractivity contribution in [2.45, 2.75) is 12.8 Å². The summed E-state index contributed by atoms with van der Waals surface area (Å²) in [5.74, 6) is 0.810. The fraction of sp³-hybridized carbons (Fsp3) is 0.556. The first-order valence-corrected chi connectivity index (χ1v) is 8.33. The molecule has 1 aromatic carbocycles. The molecule has 0 saturated carbocycles. The fourth-order valence-corrected chi connectivity index (χ4v) is 2.77. The van der Waals surface area contributed by atoms with Crippen LogP contribution < -0.4 is 10.1 Å². The molecule has 0 aromatic heterocycles. The summed E-state index contributed by atoms with van der Waals surface area (Å²) in [5, 5.41) is 11.9. The molecule has 0 unspecified atom stereocenters. The molecule has 1 aromatic rings. The Hall–Kier alpha value is -2.10. The molecule has 0 aliphatic carbocycles. The second-order valence-corrected chi connectivity index (χ2v) is 5.98. The summed E-state index contributed by atoms with van der Waals surface area (Å²) in [7, 11) is 1.72. The van der Waals surface area contributed by atoms with Crippen LogP contribution in [0, 0.1) is 17.2 Å². The first-order chi connectivity index (χ1) is 11.7. The predicted molar refractivity (Wildman–Crippen MR) is 90.7 cm³/mol. The lowest BCUT2D eigenvalue weighted by molar-refractivity contribution is -0.123. The van der Waals surface area contributed by atoms with Crippen LogP contribution in [0.2, 0.25) is 0 Å². The summed E-state index contributed by atoms with van der Waals surface area (Å²) in [4.78, 5) is 14.3. The summed E-state index contributed by atoms with van der Waals surface area (Å²) < 4.78 is 10.5. The Balaban J connectivity index is 1.64. The average Bonchev–Trinajstić information content (AvgIpc) is 2.64. The van der Waals surface area contributed by atoms with Crippen LogP contribution in [0.25, 0.3) is 0 Å². The summed E-state index contributed by atoms with van der Waals surface area (Å²) in [6.07, 6.45) is 2.17. The van der Waals surface area contributed by atoms with Crippen molar-refractivity contribution in [3.63, 3.8) is 0 Å². The first kappa shape index (κ1) is 18.2. The molecule has 1 aliphatic heterocycles. The molecule has 0 radical (unpaired) electrons. The molecular weight excluding hydrogens is 306 g/mol. The maximum absolute atomic E-state index is 11.9. The molecule has 0 atom stereocenters. The molecule has 1 heterocycles. The predicted octanol–water partition coefficient (Wildman–Crippen LogP) is 1.41. The van der Waals surface area contributed by atoms with Crippen LogP contribution >= 0.6 is 0 Å².